The van der Waals surface area contributed by atoms with E-state index < -0.39 is 0 Å². The van der Waals surface area contributed by atoms with Gasteiger partial charge in [-0.1, -0.05) is 0 Å². The molecule has 21 heavy (non-hydrogen) atoms. The normalized spacial score (nSPS) is 21.4. The van der Waals surface area contributed by atoms with E-state index in [0.29, 0.717) is 13.1 Å². The molecule has 0 aromatic carbocycles. The topological polar surface area (TPSA) is 79.2 Å². The van der Waals surface area contributed by atoms with Crippen molar-refractivity contribution in [3.05, 3.63) is 33.2 Å². The number of amides is 1. The Kier molecular flexibility index (Phi) is 5.06. The van der Waals surface area contributed by atoms with E-state index in [2.05, 4.69) is 4.98 Å². The van der Waals surface area contributed by atoms with E-state index in [9.17, 15) is 9.59 Å². The second-order valence-corrected chi connectivity index (χ2v) is 5.88. The molecule has 1 aliphatic heterocycles. The number of aromatic amines is 1. The van der Waals surface area contributed by atoms with Crippen LogP contribution in [0.15, 0.2) is 10.9 Å². The Balaban J connectivity index is 0.00000161. The number of pyridine rings is 1. The van der Waals surface area contributed by atoms with Crippen LogP contribution in [0.3, 0.4) is 0 Å². The molecule has 6 heteroatoms. The third-order valence-corrected chi connectivity index (χ3v) is 4.31. The van der Waals surface area contributed by atoms with Gasteiger partial charge in [-0.2, -0.15) is 0 Å². The van der Waals surface area contributed by atoms with E-state index in [1.54, 1.807) is 11.0 Å². The van der Waals surface area contributed by atoms with Crippen LogP contribution in [0.5, 0.6) is 0 Å². The van der Waals surface area contributed by atoms with Crippen molar-refractivity contribution in [2.45, 2.75) is 44.6 Å². The van der Waals surface area contributed by atoms with Crippen LogP contribution in [0, 0.1) is 0 Å². The predicted octanol–water partition coefficient (Wildman–Crippen LogP) is 1.24. The van der Waals surface area contributed by atoms with Crippen molar-refractivity contribution in [3.8, 4) is 0 Å². The van der Waals surface area contributed by atoms with Crippen LogP contribution in [0.1, 0.15) is 47.3 Å². The average molecular weight is 312 g/mol. The van der Waals surface area contributed by atoms with E-state index in [0.717, 1.165) is 49.8 Å². The molecule has 0 bridgehead atoms. The summed E-state index contributed by atoms with van der Waals surface area (Å²) in [6.45, 7) is 1.25. The number of halogens is 1. The summed E-state index contributed by atoms with van der Waals surface area (Å²) < 4.78 is 0. The number of rotatable bonds is 1. The summed E-state index contributed by atoms with van der Waals surface area (Å²) in [7, 11) is 0. The molecule has 0 saturated carbocycles. The minimum Gasteiger partial charge on any atom is -0.337 e. The highest BCUT2D eigenvalue weighted by Crippen LogP contribution is 2.19. The monoisotopic (exact) mass is 311 g/mol. The van der Waals surface area contributed by atoms with Gasteiger partial charge < -0.3 is 15.6 Å². The van der Waals surface area contributed by atoms with Crippen LogP contribution in [0.2, 0.25) is 0 Å². The Bertz CT molecular complexity index is 585. The van der Waals surface area contributed by atoms with Crippen LogP contribution < -0.4 is 11.3 Å². The van der Waals surface area contributed by atoms with Crippen LogP contribution in [0.25, 0.3) is 0 Å². The molecule has 2 aliphatic rings. The lowest BCUT2D eigenvalue weighted by Gasteiger charge is -2.30. The SMILES string of the molecule is Cl.NC1CCCN(C(=O)c2cc3c([nH]c2=O)CCCC3)C1. The van der Waals surface area contributed by atoms with Crippen LogP contribution in [-0.2, 0) is 12.8 Å². The number of fused-ring (bicyclic) bond motifs is 1. The number of nitrogens with zero attached hydrogens (tertiary/aromatic N) is 1. The van der Waals surface area contributed by atoms with E-state index in [1.807, 2.05) is 0 Å². The first-order chi connectivity index (χ1) is 9.65. The lowest BCUT2D eigenvalue weighted by molar-refractivity contribution is 0.0707. The molecule has 3 N–H and O–H groups in total. The van der Waals surface area contributed by atoms with Gasteiger partial charge in [-0.05, 0) is 50.2 Å². The number of nitrogens with one attached hydrogen (secondary N) is 1. The fraction of sp³-hybridized carbons (Fsp3) is 0.600. The molecule has 1 unspecified atom stereocenters. The number of likely N-dealkylation sites (tertiary alicyclic amines) is 1. The number of carbonyl (C=O) groups excluding carboxylic acids is 1. The highest BCUT2D eigenvalue weighted by molar-refractivity contribution is 5.94. The Morgan fingerprint density at radius 1 is 1.29 bits per heavy atom. The number of nitrogens with two attached hydrogens (primary N) is 1. The van der Waals surface area contributed by atoms with Gasteiger partial charge in [0.15, 0.2) is 0 Å². The van der Waals surface area contributed by atoms with Gasteiger partial charge in [0.05, 0.1) is 0 Å². The molecule has 0 radical (unpaired) electrons. The van der Waals surface area contributed by atoms with Crippen molar-refractivity contribution in [3.63, 3.8) is 0 Å². The van der Waals surface area contributed by atoms with Gasteiger partial charge in [0.25, 0.3) is 11.5 Å². The van der Waals surface area contributed by atoms with E-state index in [-0.39, 0.29) is 35.5 Å². The smallest absolute Gasteiger partial charge is 0.261 e. The van der Waals surface area contributed by atoms with Crippen LogP contribution >= 0.6 is 12.4 Å². The zero-order valence-electron chi connectivity index (χ0n) is 12.1. The van der Waals surface area contributed by atoms with Gasteiger partial charge >= 0.3 is 0 Å². The highest BCUT2D eigenvalue weighted by Gasteiger charge is 2.25. The predicted molar refractivity (Wildman–Crippen MR) is 84.1 cm³/mol. The van der Waals surface area contributed by atoms with Crippen molar-refractivity contribution >= 4 is 18.3 Å². The maximum atomic E-state index is 12.5. The zero-order chi connectivity index (χ0) is 14.1. The first kappa shape index (κ1) is 16.0. The van der Waals surface area contributed by atoms with E-state index in [4.69, 9.17) is 5.73 Å². The summed E-state index contributed by atoms with van der Waals surface area (Å²) in [6, 6.07) is 1.83. The number of hydrogen-bond acceptors (Lipinski definition) is 3. The largest absolute Gasteiger partial charge is 0.337 e. The molecule has 1 aliphatic carbocycles. The van der Waals surface area contributed by atoms with Gasteiger partial charge in [-0.3, -0.25) is 9.59 Å². The lowest BCUT2D eigenvalue weighted by atomic mass is 9.94. The molecule has 0 spiro atoms. The number of carbonyl (C=O) groups is 1. The molecule has 1 saturated heterocycles. The number of aromatic nitrogens is 1. The lowest BCUT2D eigenvalue weighted by Crippen LogP contribution is -2.47. The number of aryl methyl sites for hydroxylation is 2. The molecule has 2 heterocycles. The second kappa shape index (κ2) is 6.62. The van der Waals surface area contributed by atoms with Crippen molar-refractivity contribution in [2.75, 3.05) is 13.1 Å². The standard InChI is InChI=1S/C15H21N3O2.ClH/c16-11-5-3-7-18(9-11)15(20)12-8-10-4-1-2-6-13(10)17-14(12)19;/h8,11H,1-7,9,16H2,(H,17,19);1H. The summed E-state index contributed by atoms with van der Waals surface area (Å²) >= 11 is 0. The van der Waals surface area contributed by atoms with E-state index >= 15 is 0 Å². The van der Waals surface area contributed by atoms with Crippen LogP contribution in [0.4, 0.5) is 0 Å². The molecule has 1 fully saturated rings. The van der Waals surface area contributed by atoms with Gasteiger partial charge in [0.1, 0.15) is 5.56 Å². The van der Waals surface area contributed by atoms with Crippen molar-refractivity contribution in [1.29, 1.82) is 0 Å². The quantitative estimate of drug-likeness (QED) is 0.819. The molecule has 5 nitrogen and oxygen atoms in total. The molecule has 1 atom stereocenters. The Hall–Kier alpha value is -1.33. The van der Waals surface area contributed by atoms with Gasteiger partial charge in [0.2, 0.25) is 0 Å². The van der Waals surface area contributed by atoms with Gasteiger partial charge in [-0.15, -0.1) is 12.4 Å². The van der Waals surface area contributed by atoms with Gasteiger partial charge in [0, 0.05) is 24.8 Å². The molecule has 1 aromatic rings. The molecular weight excluding hydrogens is 290 g/mol. The Morgan fingerprint density at radius 2 is 2.05 bits per heavy atom. The second-order valence-electron chi connectivity index (χ2n) is 5.88. The minimum absolute atomic E-state index is 0. The maximum Gasteiger partial charge on any atom is 0.261 e. The number of H-pyrrole nitrogens is 1. The maximum absolute atomic E-state index is 12.5. The van der Waals surface area contributed by atoms with Crippen molar-refractivity contribution < 1.29 is 4.79 Å². The Labute approximate surface area is 130 Å². The van der Waals surface area contributed by atoms with Gasteiger partial charge in [-0.25, -0.2) is 0 Å². The zero-order valence-corrected chi connectivity index (χ0v) is 12.9. The summed E-state index contributed by atoms with van der Waals surface area (Å²) in [4.78, 5) is 29.2. The molecular formula is C15H22ClN3O2. The Morgan fingerprint density at radius 3 is 2.81 bits per heavy atom. The number of piperidine rings is 1. The molecule has 1 amide bonds. The molecule has 116 valence electrons. The third-order valence-electron chi connectivity index (χ3n) is 4.31. The average Bonchev–Trinajstić information content (AvgIpc) is 2.46. The number of hydrogen-bond donors (Lipinski definition) is 2. The summed E-state index contributed by atoms with van der Waals surface area (Å²) in [5, 5.41) is 0. The molecule has 3 rings (SSSR count). The fourth-order valence-electron chi connectivity index (χ4n) is 3.20. The van der Waals surface area contributed by atoms with Crippen molar-refractivity contribution in [2.24, 2.45) is 5.73 Å². The van der Waals surface area contributed by atoms with Crippen molar-refractivity contribution in [1.82, 2.24) is 9.88 Å². The third kappa shape index (κ3) is 3.30. The minimum atomic E-state index is -0.255. The highest BCUT2D eigenvalue weighted by atomic mass is 35.5. The first-order valence-electron chi connectivity index (χ1n) is 7.45. The summed E-state index contributed by atoms with van der Waals surface area (Å²) in [6.07, 6.45) is 5.96. The van der Waals surface area contributed by atoms with E-state index in [1.165, 1.54) is 0 Å². The molecule has 1 aromatic heterocycles. The summed E-state index contributed by atoms with van der Waals surface area (Å²) in [5.74, 6) is -0.172. The first-order valence-corrected chi connectivity index (χ1v) is 7.45. The van der Waals surface area contributed by atoms with Crippen LogP contribution in [-0.4, -0.2) is 34.9 Å². The fourth-order valence-corrected chi connectivity index (χ4v) is 3.20. The summed E-state index contributed by atoms with van der Waals surface area (Å²) in [5.41, 5.74) is 8.07.